The van der Waals surface area contributed by atoms with Crippen molar-refractivity contribution in [3.05, 3.63) is 59.1 Å². The number of nitrogens with zero attached hydrogens (tertiary/aromatic N) is 3. The van der Waals surface area contributed by atoms with Gasteiger partial charge in [-0.05, 0) is 24.3 Å². The number of hydrogen-bond acceptors (Lipinski definition) is 3. The summed E-state index contributed by atoms with van der Waals surface area (Å²) in [5.74, 6) is 0.753. The van der Waals surface area contributed by atoms with E-state index in [9.17, 15) is 0 Å². The number of benzene rings is 2. The van der Waals surface area contributed by atoms with E-state index in [1.54, 1.807) is 0 Å². The zero-order valence-electron chi connectivity index (χ0n) is 10.5. The van der Waals surface area contributed by atoms with Crippen LogP contribution in [0.15, 0.2) is 64.2 Å². The molecule has 1 heterocycles. The number of halogens is 1. The molecule has 0 spiro atoms. The molecular formula is C14H9BrN3SZn+. The molecule has 0 saturated heterocycles. The molecule has 3 rings (SSSR count). The predicted molar refractivity (Wildman–Crippen MR) is 80.1 cm³/mol. The van der Waals surface area contributed by atoms with Gasteiger partial charge < -0.3 is 12.6 Å². The van der Waals surface area contributed by atoms with Crippen LogP contribution in [0.4, 0.5) is 0 Å². The van der Waals surface area contributed by atoms with Crippen LogP contribution in [0.25, 0.3) is 17.1 Å². The minimum Gasteiger partial charge on any atom is -0.740 e. The fourth-order valence-electron chi connectivity index (χ4n) is 1.87. The monoisotopic (exact) mass is 394 g/mol. The minimum absolute atomic E-state index is 0. The van der Waals surface area contributed by atoms with Crippen LogP contribution in [0.5, 0.6) is 0 Å². The maximum absolute atomic E-state index is 5.26. The summed E-state index contributed by atoms with van der Waals surface area (Å²) in [6.07, 6.45) is 0. The van der Waals surface area contributed by atoms with Crippen LogP contribution in [-0.2, 0) is 32.1 Å². The Morgan fingerprint density at radius 3 is 2.20 bits per heavy atom. The van der Waals surface area contributed by atoms with Gasteiger partial charge in [-0.2, -0.15) is 5.10 Å². The third kappa shape index (κ3) is 2.98. The first-order valence-electron chi connectivity index (χ1n) is 5.69. The fraction of sp³-hybridized carbons (Fsp3) is 0. The molecule has 0 atom stereocenters. The molecule has 0 unspecified atom stereocenters. The molecular weight excluding hydrogens is 388 g/mol. The molecule has 0 aliphatic heterocycles. The van der Waals surface area contributed by atoms with E-state index in [0.717, 1.165) is 21.5 Å². The standard InChI is InChI=1S/C14H10BrN3S.Zn/c15-11-8-6-10(7-9-11)13-16-17-14(19)18(13)12-4-2-1-3-5-12;/h1-9H,(H,17,19);/q;+2/p-1. The van der Waals surface area contributed by atoms with Crippen LogP contribution in [0.2, 0.25) is 0 Å². The van der Waals surface area contributed by atoms with E-state index in [1.165, 1.54) is 0 Å². The van der Waals surface area contributed by atoms with Crippen molar-refractivity contribution < 1.29 is 19.5 Å². The van der Waals surface area contributed by atoms with Gasteiger partial charge in [0, 0.05) is 20.9 Å². The smallest absolute Gasteiger partial charge is 0.740 e. The molecule has 94 valence electrons. The largest absolute Gasteiger partial charge is 2.00 e. The van der Waals surface area contributed by atoms with Gasteiger partial charge in [0.25, 0.3) is 0 Å². The minimum atomic E-state index is 0. The predicted octanol–water partition coefficient (Wildman–Crippen LogP) is 3.60. The molecule has 20 heavy (non-hydrogen) atoms. The Morgan fingerprint density at radius 1 is 0.900 bits per heavy atom. The van der Waals surface area contributed by atoms with Gasteiger partial charge in [0.2, 0.25) is 0 Å². The van der Waals surface area contributed by atoms with Gasteiger partial charge in [0.05, 0.1) is 0 Å². The zero-order valence-corrected chi connectivity index (χ0v) is 15.9. The van der Waals surface area contributed by atoms with E-state index in [4.69, 9.17) is 12.6 Å². The number of rotatable bonds is 2. The van der Waals surface area contributed by atoms with Gasteiger partial charge in [-0.1, -0.05) is 46.3 Å². The van der Waals surface area contributed by atoms with E-state index in [-0.39, 0.29) is 19.5 Å². The van der Waals surface area contributed by atoms with Gasteiger partial charge in [-0.15, -0.1) is 5.10 Å². The van der Waals surface area contributed by atoms with Gasteiger partial charge >= 0.3 is 19.5 Å². The number of para-hydroxylation sites is 1. The topological polar surface area (TPSA) is 30.7 Å². The van der Waals surface area contributed by atoms with Crippen molar-refractivity contribution in [1.29, 1.82) is 0 Å². The summed E-state index contributed by atoms with van der Waals surface area (Å²) >= 11 is 8.68. The second-order valence-corrected chi connectivity index (χ2v) is 5.26. The van der Waals surface area contributed by atoms with Gasteiger partial charge in [0.1, 0.15) is 0 Å². The van der Waals surface area contributed by atoms with Gasteiger partial charge in [-0.25, -0.2) is 0 Å². The second-order valence-electron chi connectivity index (χ2n) is 3.98. The Labute approximate surface area is 143 Å². The average molecular weight is 397 g/mol. The quantitative estimate of drug-likeness (QED) is 0.490. The average Bonchev–Trinajstić information content (AvgIpc) is 2.82. The van der Waals surface area contributed by atoms with E-state index < -0.39 is 0 Å². The van der Waals surface area contributed by atoms with Crippen LogP contribution >= 0.6 is 15.9 Å². The maximum atomic E-state index is 5.26. The maximum Gasteiger partial charge on any atom is 2.00 e. The van der Waals surface area contributed by atoms with Crippen LogP contribution in [0, 0.1) is 0 Å². The Bertz CT molecular complexity index is 698. The molecule has 1 aromatic heterocycles. The zero-order chi connectivity index (χ0) is 13.2. The summed E-state index contributed by atoms with van der Waals surface area (Å²) in [4.78, 5) is 0. The number of hydrogen-bond donors (Lipinski definition) is 0. The molecule has 0 amide bonds. The van der Waals surface area contributed by atoms with Crippen LogP contribution in [0.1, 0.15) is 0 Å². The Kier molecular flexibility index (Phi) is 5.02. The van der Waals surface area contributed by atoms with Crippen LogP contribution < -0.4 is 0 Å². The summed E-state index contributed by atoms with van der Waals surface area (Å²) in [7, 11) is 0. The molecule has 3 aromatic rings. The molecule has 6 heteroatoms. The first-order valence-corrected chi connectivity index (χ1v) is 6.89. The van der Waals surface area contributed by atoms with Crippen molar-refractivity contribution in [3.63, 3.8) is 0 Å². The molecule has 0 N–H and O–H groups in total. The van der Waals surface area contributed by atoms with E-state index >= 15 is 0 Å². The molecule has 0 fully saturated rings. The number of aromatic nitrogens is 3. The SMILES string of the molecule is [S-]c1nnc(-c2ccc(Br)cc2)n1-c1ccccc1.[Zn+2]. The summed E-state index contributed by atoms with van der Waals surface area (Å²) in [6.45, 7) is 0. The summed E-state index contributed by atoms with van der Waals surface area (Å²) < 4.78 is 2.90. The van der Waals surface area contributed by atoms with Crippen LogP contribution in [-0.4, -0.2) is 14.8 Å². The van der Waals surface area contributed by atoms with Crippen molar-refractivity contribution in [3.8, 4) is 17.1 Å². The van der Waals surface area contributed by atoms with E-state index in [1.807, 2.05) is 59.2 Å². The molecule has 0 radical (unpaired) electrons. The molecule has 2 aromatic carbocycles. The molecule has 0 saturated carbocycles. The third-order valence-corrected chi connectivity index (χ3v) is 3.54. The molecule has 0 bridgehead atoms. The second kappa shape index (κ2) is 6.57. The van der Waals surface area contributed by atoms with Crippen molar-refractivity contribution in [2.24, 2.45) is 0 Å². The molecule has 0 aliphatic carbocycles. The van der Waals surface area contributed by atoms with Crippen molar-refractivity contribution in [2.45, 2.75) is 5.16 Å². The van der Waals surface area contributed by atoms with E-state index in [2.05, 4.69) is 26.1 Å². The summed E-state index contributed by atoms with van der Waals surface area (Å²) in [5.41, 5.74) is 1.95. The Balaban J connectivity index is 0.00000147. The third-order valence-electron chi connectivity index (χ3n) is 2.75. The fourth-order valence-corrected chi connectivity index (χ4v) is 2.36. The van der Waals surface area contributed by atoms with Gasteiger partial charge in [-0.3, -0.25) is 4.57 Å². The van der Waals surface area contributed by atoms with Crippen molar-refractivity contribution >= 4 is 28.6 Å². The van der Waals surface area contributed by atoms with Gasteiger partial charge in [0.15, 0.2) is 5.82 Å². The summed E-state index contributed by atoms with van der Waals surface area (Å²) in [5, 5.41) is 8.66. The first kappa shape index (κ1) is 15.3. The summed E-state index contributed by atoms with van der Waals surface area (Å²) in [6, 6.07) is 17.8. The van der Waals surface area contributed by atoms with E-state index in [0.29, 0.717) is 5.16 Å². The molecule has 3 nitrogen and oxygen atoms in total. The Morgan fingerprint density at radius 2 is 1.55 bits per heavy atom. The Hall–Kier alpha value is -1.10. The van der Waals surface area contributed by atoms with Crippen molar-refractivity contribution in [2.75, 3.05) is 0 Å². The first-order chi connectivity index (χ1) is 9.25. The van der Waals surface area contributed by atoms with Crippen LogP contribution in [0.3, 0.4) is 0 Å². The van der Waals surface area contributed by atoms with Crippen molar-refractivity contribution in [1.82, 2.24) is 14.8 Å². The molecule has 0 aliphatic rings. The normalized spacial score (nSPS) is 10.1.